The third-order valence-electron chi connectivity index (χ3n) is 2.11. The van der Waals surface area contributed by atoms with Crippen LogP contribution in [-0.4, -0.2) is 24.1 Å². The minimum atomic E-state index is 0.261. The Labute approximate surface area is 89.4 Å². The topological polar surface area (TPSA) is 35.3 Å². The lowest BCUT2D eigenvalue weighted by molar-refractivity contribution is 0.110. The Morgan fingerprint density at radius 2 is 2.36 bits per heavy atom. The lowest BCUT2D eigenvalue weighted by atomic mass is 10.2. The van der Waals surface area contributed by atoms with Gasteiger partial charge in [0, 0.05) is 25.8 Å². The maximum atomic E-state index is 5.58. The van der Waals surface area contributed by atoms with E-state index in [2.05, 4.69) is 4.98 Å². The molecule has 1 rings (SSSR count). The second-order valence-corrected chi connectivity index (χ2v) is 3.62. The van der Waals surface area contributed by atoms with Gasteiger partial charge in [-0.25, -0.2) is 4.98 Å². The van der Waals surface area contributed by atoms with Crippen LogP contribution in [0.3, 0.4) is 0 Å². The molecule has 0 aliphatic carbocycles. The van der Waals surface area contributed by atoms with Crippen LogP contribution in [0.15, 0.2) is 10.6 Å². The molecule has 1 heterocycles. The summed E-state index contributed by atoms with van der Waals surface area (Å²) >= 11 is 5.58. The van der Waals surface area contributed by atoms with E-state index in [0.717, 1.165) is 24.5 Å². The van der Waals surface area contributed by atoms with E-state index in [4.69, 9.17) is 20.8 Å². The first-order chi connectivity index (χ1) is 6.76. The van der Waals surface area contributed by atoms with E-state index in [1.165, 1.54) is 0 Å². The van der Waals surface area contributed by atoms with Crippen molar-refractivity contribution in [2.75, 3.05) is 13.0 Å². The minimum absolute atomic E-state index is 0.261. The molecule has 0 amide bonds. The predicted molar refractivity (Wildman–Crippen MR) is 55.7 cm³/mol. The van der Waals surface area contributed by atoms with Gasteiger partial charge in [0.05, 0.1) is 12.3 Å². The average molecular weight is 218 g/mol. The van der Waals surface area contributed by atoms with E-state index >= 15 is 0 Å². The van der Waals surface area contributed by atoms with Crippen molar-refractivity contribution in [2.45, 2.75) is 32.3 Å². The molecule has 3 nitrogen and oxygen atoms in total. The fourth-order valence-corrected chi connectivity index (χ4v) is 1.29. The summed E-state index contributed by atoms with van der Waals surface area (Å²) in [5.74, 6) is 2.18. The van der Waals surface area contributed by atoms with Gasteiger partial charge in [-0.15, -0.1) is 11.6 Å². The van der Waals surface area contributed by atoms with Gasteiger partial charge in [0.2, 0.25) is 0 Å². The number of rotatable bonds is 6. The second kappa shape index (κ2) is 6.04. The van der Waals surface area contributed by atoms with Crippen LogP contribution in [0.4, 0.5) is 0 Å². The summed E-state index contributed by atoms with van der Waals surface area (Å²) in [6.45, 7) is 2.04. The highest BCUT2D eigenvalue weighted by atomic mass is 35.5. The van der Waals surface area contributed by atoms with Gasteiger partial charge in [-0.1, -0.05) is 0 Å². The van der Waals surface area contributed by atoms with Crippen molar-refractivity contribution in [3.63, 3.8) is 0 Å². The van der Waals surface area contributed by atoms with Crippen molar-refractivity contribution in [1.29, 1.82) is 0 Å². The van der Waals surface area contributed by atoms with Gasteiger partial charge in [-0.3, -0.25) is 0 Å². The molecule has 14 heavy (non-hydrogen) atoms. The molecule has 80 valence electrons. The van der Waals surface area contributed by atoms with Crippen molar-refractivity contribution in [1.82, 2.24) is 4.98 Å². The maximum absolute atomic E-state index is 5.58. The number of halogens is 1. The van der Waals surface area contributed by atoms with E-state index < -0.39 is 0 Å². The van der Waals surface area contributed by atoms with Gasteiger partial charge in [-0.2, -0.15) is 0 Å². The van der Waals surface area contributed by atoms with Crippen molar-refractivity contribution < 1.29 is 9.15 Å². The summed E-state index contributed by atoms with van der Waals surface area (Å²) < 4.78 is 10.6. The summed E-state index contributed by atoms with van der Waals surface area (Å²) in [6.07, 6.45) is 4.54. The Bertz CT molecular complexity index is 262. The molecule has 0 radical (unpaired) electrons. The SMILES string of the molecule is COC(C)CCc1cnc(CCCl)o1. The molecule has 4 heteroatoms. The summed E-state index contributed by atoms with van der Waals surface area (Å²) in [5.41, 5.74) is 0. The molecule has 0 aliphatic rings. The quantitative estimate of drug-likeness (QED) is 0.687. The standard InChI is InChI=1S/C10H16ClNO2/c1-8(13-2)3-4-9-7-12-10(14-9)5-6-11/h7-8H,3-6H2,1-2H3. The smallest absolute Gasteiger partial charge is 0.195 e. The number of hydrogen-bond acceptors (Lipinski definition) is 3. The largest absolute Gasteiger partial charge is 0.446 e. The first-order valence-corrected chi connectivity index (χ1v) is 5.32. The van der Waals surface area contributed by atoms with Crippen LogP contribution in [0.1, 0.15) is 25.0 Å². The molecule has 0 fully saturated rings. The van der Waals surface area contributed by atoms with E-state index in [0.29, 0.717) is 12.3 Å². The lowest BCUT2D eigenvalue weighted by Gasteiger charge is -2.06. The van der Waals surface area contributed by atoms with Crippen molar-refractivity contribution in [3.8, 4) is 0 Å². The van der Waals surface area contributed by atoms with Crippen LogP contribution in [-0.2, 0) is 17.6 Å². The monoisotopic (exact) mass is 217 g/mol. The minimum Gasteiger partial charge on any atom is -0.446 e. The number of aryl methyl sites for hydroxylation is 2. The fourth-order valence-electron chi connectivity index (χ4n) is 1.12. The molecule has 1 aromatic heterocycles. The third-order valence-corrected chi connectivity index (χ3v) is 2.30. The van der Waals surface area contributed by atoms with E-state index in [1.54, 1.807) is 13.3 Å². The molecular formula is C10H16ClNO2. The molecule has 0 aromatic carbocycles. The number of hydrogen-bond donors (Lipinski definition) is 0. The lowest BCUT2D eigenvalue weighted by Crippen LogP contribution is -2.05. The Morgan fingerprint density at radius 1 is 1.57 bits per heavy atom. The molecule has 0 saturated carbocycles. The molecular weight excluding hydrogens is 202 g/mol. The summed E-state index contributed by atoms with van der Waals surface area (Å²) in [4.78, 5) is 4.12. The number of oxazole rings is 1. The van der Waals surface area contributed by atoms with Crippen LogP contribution in [0.25, 0.3) is 0 Å². The number of alkyl halides is 1. The predicted octanol–water partition coefficient (Wildman–Crippen LogP) is 2.42. The normalized spacial score (nSPS) is 13.1. The molecule has 0 bridgehead atoms. The highest BCUT2D eigenvalue weighted by molar-refractivity contribution is 6.17. The van der Waals surface area contributed by atoms with Gasteiger partial charge < -0.3 is 9.15 Å². The Balaban J connectivity index is 2.35. The highest BCUT2D eigenvalue weighted by Crippen LogP contribution is 2.09. The first kappa shape index (κ1) is 11.5. The Morgan fingerprint density at radius 3 is 3.00 bits per heavy atom. The second-order valence-electron chi connectivity index (χ2n) is 3.24. The fraction of sp³-hybridized carbons (Fsp3) is 0.700. The highest BCUT2D eigenvalue weighted by Gasteiger charge is 2.05. The third kappa shape index (κ3) is 3.68. The van der Waals surface area contributed by atoms with E-state index in [9.17, 15) is 0 Å². The van der Waals surface area contributed by atoms with Crippen LogP contribution in [0.2, 0.25) is 0 Å². The molecule has 0 saturated heterocycles. The maximum Gasteiger partial charge on any atom is 0.195 e. The first-order valence-electron chi connectivity index (χ1n) is 4.78. The average Bonchev–Trinajstić information content (AvgIpc) is 2.63. The van der Waals surface area contributed by atoms with Crippen LogP contribution in [0, 0.1) is 0 Å². The summed E-state index contributed by atoms with van der Waals surface area (Å²) in [7, 11) is 1.71. The van der Waals surface area contributed by atoms with E-state index in [-0.39, 0.29) is 6.10 Å². The van der Waals surface area contributed by atoms with Crippen molar-refractivity contribution in [2.24, 2.45) is 0 Å². The van der Waals surface area contributed by atoms with Crippen LogP contribution >= 0.6 is 11.6 Å². The van der Waals surface area contributed by atoms with Gasteiger partial charge in [-0.05, 0) is 13.3 Å². The molecule has 0 N–H and O–H groups in total. The number of aromatic nitrogens is 1. The number of methoxy groups -OCH3 is 1. The van der Waals surface area contributed by atoms with Gasteiger partial charge in [0.15, 0.2) is 5.89 Å². The van der Waals surface area contributed by atoms with Crippen molar-refractivity contribution in [3.05, 3.63) is 17.8 Å². The Kier molecular flexibility index (Phi) is 4.98. The zero-order valence-corrected chi connectivity index (χ0v) is 9.38. The zero-order valence-electron chi connectivity index (χ0n) is 8.62. The van der Waals surface area contributed by atoms with Gasteiger partial charge in [0.1, 0.15) is 5.76 Å². The summed E-state index contributed by atoms with van der Waals surface area (Å²) in [5, 5.41) is 0. The Hall–Kier alpha value is -0.540. The molecule has 0 aliphatic heterocycles. The van der Waals surface area contributed by atoms with Gasteiger partial charge >= 0.3 is 0 Å². The zero-order chi connectivity index (χ0) is 10.4. The van der Waals surface area contributed by atoms with Crippen LogP contribution in [0.5, 0.6) is 0 Å². The molecule has 1 aromatic rings. The number of ether oxygens (including phenoxy) is 1. The van der Waals surface area contributed by atoms with Gasteiger partial charge in [0.25, 0.3) is 0 Å². The van der Waals surface area contributed by atoms with E-state index in [1.807, 2.05) is 6.92 Å². The van der Waals surface area contributed by atoms with Crippen molar-refractivity contribution >= 4 is 11.6 Å². The summed E-state index contributed by atoms with van der Waals surface area (Å²) in [6, 6.07) is 0. The molecule has 1 unspecified atom stereocenters. The number of nitrogens with zero attached hydrogens (tertiary/aromatic N) is 1. The molecule has 1 atom stereocenters. The van der Waals surface area contributed by atoms with Crippen LogP contribution < -0.4 is 0 Å². The molecule has 0 spiro atoms.